The van der Waals surface area contributed by atoms with Gasteiger partial charge in [0.1, 0.15) is 0 Å². The number of Topliss-reactive ketones (excluding diaryl/α,β-unsaturated/α-hetero) is 2. The number of benzene rings is 1. The summed E-state index contributed by atoms with van der Waals surface area (Å²) in [5.74, 6) is -0.178. The summed E-state index contributed by atoms with van der Waals surface area (Å²) in [5, 5.41) is 0. The highest BCUT2D eigenvalue weighted by molar-refractivity contribution is 7.80. The molecular formula is C14H8O2S. The van der Waals surface area contributed by atoms with Crippen molar-refractivity contribution in [3.63, 3.8) is 0 Å². The highest BCUT2D eigenvalue weighted by Crippen LogP contribution is 2.31. The number of carbonyl (C=O) groups excluding carboxylic acids is 2. The van der Waals surface area contributed by atoms with E-state index in [1.165, 1.54) is 0 Å². The minimum absolute atomic E-state index is 0.0750. The molecule has 0 unspecified atom stereocenters. The summed E-state index contributed by atoms with van der Waals surface area (Å²) >= 11 is 5.08. The zero-order valence-electron chi connectivity index (χ0n) is 8.90. The molecule has 1 aromatic carbocycles. The first-order valence-corrected chi connectivity index (χ1v) is 5.73. The lowest BCUT2D eigenvalue weighted by atomic mass is 9.79. The molecule has 17 heavy (non-hydrogen) atoms. The predicted molar refractivity (Wildman–Crippen MR) is 68.5 cm³/mol. The Labute approximate surface area is 104 Å². The second-order valence-electron chi connectivity index (χ2n) is 4.05. The van der Waals surface area contributed by atoms with Crippen LogP contribution in [0.15, 0.2) is 47.6 Å². The van der Waals surface area contributed by atoms with Crippen LogP contribution in [0.5, 0.6) is 0 Å². The number of ketones is 2. The van der Waals surface area contributed by atoms with Crippen LogP contribution in [0, 0.1) is 0 Å². The van der Waals surface area contributed by atoms with Crippen molar-refractivity contribution >= 4 is 28.6 Å². The molecule has 0 amide bonds. The van der Waals surface area contributed by atoms with Gasteiger partial charge in [-0.2, -0.15) is 0 Å². The maximum Gasteiger partial charge on any atom is 0.194 e. The van der Waals surface area contributed by atoms with Crippen molar-refractivity contribution in [2.75, 3.05) is 0 Å². The zero-order chi connectivity index (χ0) is 12.0. The van der Waals surface area contributed by atoms with Gasteiger partial charge in [0.05, 0.1) is 0 Å². The molecule has 0 aromatic heterocycles. The fraction of sp³-hybridized carbons (Fsp3) is 0.0714. The van der Waals surface area contributed by atoms with Crippen LogP contribution < -0.4 is 0 Å². The monoisotopic (exact) mass is 240 g/mol. The Kier molecular flexibility index (Phi) is 2.16. The van der Waals surface area contributed by atoms with Gasteiger partial charge in [0.2, 0.25) is 0 Å². The topological polar surface area (TPSA) is 34.1 Å². The van der Waals surface area contributed by atoms with E-state index in [4.69, 9.17) is 12.2 Å². The van der Waals surface area contributed by atoms with Crippen molar-refractivity contribution in [3.05, 3.63) is 58.7 Å². The Morgan fingerprint density at radius 3 is 2.18 bits per heavy atom. The number of fused-ring (bicyclic) bond motifs is 2. The van der Waals surface area contributed by atoms with Crippen LogP contribution in [0.4, 0.5) is 0 Å². The van der Waals surface area contributed by atoms with Gasteiger partial charge in [-0.15, -0.1) is 0 Å². The van der Waals surface area contributed by atoms with Crippen LogP contribution in [0.25, 0.3) is 0 Å². The molecule has 2 aliphatic rings. The highest BCUT2D eigenvalue weighted by atomic mass is 32.1. The Balaban J connectivity index is 2.29. The summed E-state index contributed by atoms with van der Waals surface area (Å²) in [6.45, 7) is 0. The van der Waals surface area contributed by atoms with Crippen molar-refractivity contribution in [1.82, 2.24) is 0 Å². The standard InChI is InChI=1S/C14H8O2S/c15-13-9-3-1-2-4-10(9)14(16)12-7-8(17)5-6-11(12)13/h1-4,6-7H,5H2. The average molecular weight is 240 g/mol. The molecule has 0 bridgehead atoms. The van der Waals surface area contributed by atoms with Crippen LogP contribution in [0.3, 0.4) is 0 Å². The number of hydrogen-bond acceptors (Lipinski definition) is 3. The van der Waals surface area contributed by atoms with E-state index < -0.39 is 0 Å². The van der Waals surface area contributed by atoms with Crippen LogP contribution in [0.2, 0.25) is 0 Å². The van der Waals surface area contributed by atoms with Crippen LogP contribution >= 0.6 is 12.2 Å². The van der Waals surface area contributed by atoms with Gasteiger partial charge in [0.25, 0.3) is 0 Å². The fourth-order valence-corrected chi connectivity index (χ4v) is 2.38. The summed E-state index contributed by atoms with van der Waals surface area (Å²) in [5.41, 5.74) is 1.92. The normalized spacial score (nSPS) is 18.2. The molecule has 0 fully saturated rings. The SMILES string of the molecule is O=C1C2=CCC(=S)C=C2C(=O)c2ccccc21. The molecule has 0 radical (unpaired) electrons. The van der Waals surface area contributed by atoms with Crippen molar-refractivity contribution in [1.29, 1.82) is 0 Å². The van der Waals surface area contributed by atoms with Crippen molar-refractivity contribution < 1.29 is 9.59 Å². The van der Waals surface area contributed by atoms with Gasteiger partial charge in [-0.3, -0.25) is 9.59 Å². The summed E-state index contributed by atoms with van der Waals surface area (Å²) in [6, 6.07) is 6.91. The minimum atomic E-state index is -0.103. The first-order valence-electron chi connectivity index (χ1n) is 5.32. The molecule has 3 rings (SSSR count). The van der Waals surface area contributed by atoms with E-state index in [0.717, 1.165) is 0 Å². The molecule has 0 saturated carbocycles. The van der Waals surface area contributed by atoms with Gasteiger partial charge in [0, 0.05) is 33.6 Å². The smallest absolute Gasteiger partial charge is 0.194 e. The Morgan fingerprint density at radius 1 is 0.941 bits per heavy atom. The van der Waals surface area contributed by atoms with Crippen molar-refractivity contribution in [3.8, 4) is 0 Å². The largest absolute Gasteiger partial charge is 0.289 e. The number of allylic oxidation sites excluding steroid dienone is 4. The second kappa shape index (κ2) is 3.57. The lowest BCUT2D eigenvalue weighted by Gasteiger charge is -2.21. The minimum Gasteiger partial charge on any atom is -0.289 e. The summed E-state index contributed by atoms with van der Waals surface area (Å²) < 4.78 is 0. The molecule has 0 saturated heterocycles. The van der Waals surface area contributed by atoms with Gasteiger partial charge >= 0.3 is 0 Å². The summed E-state index contributed by atoms with van der Waals surface area (Å²) in [4.78, 5) is 25.1. The van der Waals surface area contributed by atoms with E-state index in [9.17, 15) is 9.59 Å². The molecule has 1 aromatic rings. The third-order valence-electron chi connectivity index (χ3n) is 3.01. The highest BCUT2D eigenvalue weighted by Gasteiger charge is 2.33. The summed E-state index contributed by atoms with van der Waals surface area (Å²) in [6.07, 6.45) is 3.98. The number of hydrogen-bond donors (Lipinski definition) is 0. The van der Waals surface area contributed by atoms with Crippen molar-refractivity contribution in [2.24, 2.45) is 0 Å². The predicted octanol–water partition coefficient (Wildman–Crippen LogP) is 2.69. The lowest BCUT2D eigenvalue weighted by molar-refractivity contribution is 0.0972. The molecule has 0 atom stereocenters. The van der Waals surface area contributed by atoms with Crippen LogP contribution in [-0.4, -0.2) is 16.4 Å². The molecule has 0 aliphatic heterocycles. The number of carbonyl (C=O) groups is 2. The molecule has 0 N–H and O–H groups in total. The Morgan fingerprint density at radius 2 is 1.53 bits per heavy atom. The quantitative estimate of drug-likeness (QED) is 0.654. The van der Waals surface area contributed by atoms with Crippen molar-refractivity contribution in [2.45, 2.75) is 6.42 Å². The molecule has 3 heteroatoms. The maximum absolute atomic E-state index is 12.2. The van der Waals surface area contributed by atoms with Crippen LogP contribution in [-0.2, 0) is 0 Å². The summed E-state index contributed by atoms with van der Waals surface area (Å²) in [7, 11) is 0. The first-order chi connectivity index (χ1) is 8.18. The van der Waals surface area contributed by atoms with E-state index >= 15 is 0 Å². The molecule has 0 heterocycles. The molecule has 82 valence electrons. The molecule has 2 nitrogen and oxygen atoms in total. The molecule has 2 aliphatic carbocycles. The van der Waals surface area contributed by atoms with Gasteiger partial charge < -0.3 is 0 Å². The van der Waals surface area contributed by atoms with E-state index in [-0.39, 0.29) is 11.6 Å². The van der Waals surface area contributed by atoms with E-state index in [0.29, 0.717) is 33.6 Å². The van der Waals surface area contributed by atoms with Gasteiger partial charge in [-0.25, -0.2) is 0 Å². The van der Waals surface area contributed by atoms with Gasteiger partial charge in [0.15, 0.2) is 11.6 Å². The average Bonchev–Trinajstić information content (AvgIpc) is 2.36. The zero-order valence-corrected chi connectivity index (χ0v) is 9.71. The maximum atomic E-state index is 12.2. The lowest BCUT2D eigenvalue weighted by Crippen LogP contribution is -2.25. The first kappa shape index (κ1) is 10.3. The fourth-order valence-electron chi connectivity index (χ4n) is 2.18. The molecule has 0 spiro atoms. The van der Waals surface area contributed by atoms with Crippen LogP contribution in [0.1, 0.15) is 27.1 Å². The van der Waals surface area contributed by atoms with E-state index in [2.05, 4.69) is 0 Å². The van der Waals surface area contributed by atoms with E-state index in [1.807, 2.05) is 0 Å². The number of thiocarbonyl (C=S) groups is 1. The number of rotatable bonds is 0. The van der Waals surface area contributed by atoms with E-state index in [1.54, 1.807) is 36.4 Å². The molecular weight excluding hydrogens is 232 g/mol. The van der Waals surface area contributed by atoms with Gasteiger partial charge in [-0.1, -0.05) is 42.6 Å². The Hall–Kier alpha value is -1.87. The second-order valence-corrected chi connectivity index (χ2v) is 4.57. The third-order valence-corrected chi connectivity index (χ3v) is 3.29. The van der Waals surface area contributed by atoms with Gasteiger partial charge in [-0.05, 0) is 6.08 Å². The third kappa shape index (κ3) is 1.43. The Bertz CT molecular complexity index is 635.